The number of methoxy groups -OCH3 is 2. The number of amides is 1. The third kappa shape index (κ3) is 4.95. The van der Waals surface area contributed by atoms with Gasteiger partial charge in [-0.1, -0.05) is 35.5 Å². The SMILES string of the molecule is COCC(C)n1c(SCC(=O)Nc2cc(Cl)ccc2OC)nc2ccccc2c1=O. The van der Waals surface area contributed by atoms with E-state index in [1.165, 1.54) is 18.9 Å². The third-order valence-corrected chi connectivity index (χ3v) is 5.58. The van der Waals surface area contributed by atoms with Crippen LogP contribution in [0.1, 0.15) is 13.0 Å². The Bertz CT molecular complexity index is 1120. The van der Waals surface area contributed by atoms with Gasteiger partial charge in [0.25, 0.3) is 5.56 Å². The van der Waals surface area contributed by atoms with E-state index in [2.05, 4.69) is 10.3 Å². The number of aromatic nitrogens is 2. The summed E-state index contributed by atoms with van der Waals surface area (Å²) in [6.45, 7) is 2.22. The van der Waals surface area contributed by atoms with Crippen molar-refractivity contribution in [2.45, 2.75) is 18.1 Å². The Labute approximate surface area is 183 Å². The normalized spacial score (nSPS) is 12.0. The molecule has 0 aliphatic carbocycles. The van der Waals surface area contributed by atoms with Crippen molar-refractivity contribution < 1.29 is 14.3 Å². The summed E-state index contributed by atoms with van der Waals surface area (Å²) >= 11 is 7.20. The zero-order valence-corrected chi connectivity index (χ0v) is 18.4. The molecule has 0 saturated carbocycles. The fourth-order valence-corrected chi connectivity index (χ4v) is 4.10. The lowest BCUT2D eigenvalue weighted by Crippen LogP contribution is -2.29. The van der Waals surface area contributed by atoms with Crippen molar-refractivity contribution in [3.05, 3.63) is 57.8 Å². The van der Waals surface area contributed by atoms with E-state index in [-0.39, 0.29) is 23.3 Å². The lowest BCUT2D eigenvalue weighted by Gasteiger charge is -2.19. The Morgan fingerprint density at radius 1 is 1.27 bits per heavy atom. The second kappa shape index (κ2) is 9.97. The fourth-order valence-electron chi connectivity index (χ4n) is 3.03. The molecule has 0 saturated heterocycles. The Morgan fingerprint density at radius 3 is 2.77 bits per heavy atom. The summed E-state index contributed by atoms with van der Waals surface area (Å²) in [5, 5.41) is 4.25. The molecule has 0 bridgehead atoms. The molecule has 0 aliphatic heterocycles. The highest BCUT2D eigenvalue weighted by atomic mass is 35.5. The number of hydrogen-bond acceptors (Lipinski definition) is 6. The average molecular weight is 448 g/mol. The van der Waals surface area contributed by atoms with E-state index >= 15 is 0 Å². The molecular formula is C21H22ClN3O4S. The van der Waals surface area contributed by atoms with Crippen LogP contribution in [-0.2, 0) is 9.53 Å². The maximum atomic E-state index is 13.0. The number of halogens is 1. The minimum absolute atomic E-state index is 0.0557. The summed E-state index contributed by atoms with van der Waals surface area (Å²) in [6, 6.07) is 11.9. The second-order valence-corrected chi connectivity index (χ2v) is 7.95. The van der Waals surface area contributed by atoms with Crippen LogP contribution in [0.4, 0.5) is 5.69 Å². The Balaban J connectivity index is 1.86. The number of hydrogen-bond donors (Lipinski definition) is 1. The molecular weight excluding hydrogens is 426 g/mol. The lowest BCUT2D eigenvalue weighted by atomic mass is 10.2. The number of carbonyl (C=O) groups excluding carboxylic acids is 1. The average Bonchev–Trinajstić information content (AvgIpc) is 2.72. The number of para-hydroxylation sites is 1. The number of benzene rings is 2. The molecule has 1 aromatic heterocycles. The van der Waals surface area contributed by atoms with Crippen LogP contribution < -0.4 is 15.6 Å². The number of carbonyl (C=O) groups is 1. The van der Waals surface area contributed by atoms with E-state index in [0.29, 0.717) is 39.1 Å². The van der Waals surface area contributed by atoms with Gasteiger partial charge in [0.15, 0.2) is 5.16 Å². The summed E-state index contributed by atoms with van der Waals surface area (Å²) in [5.74, 6) is 0.293. The Kier molecular flexibility index (Phi) is 7.36. The summed E-state index contributed by atoms with van der Waals surface area (Å²) in [6.07, 6.45) is 0. The van der Waals surface area contributed by atoms with E-state index in [4.69, 9.17) is 21.1 Å². The molecule has 9 heteroatoms. The number of thioether (sulfide) groups is 1. The molecule has 2 aromatic carbocycles. The number of nitrogens with zero attached hydrogens (tertiary/aromatic N) is 2. The maximum Gasteiger partial charge on any atom is 0.262 e. The summed E-state index contributed by atoms with van der Waals surface area (Å²) in [5.41, 5.74) is 0.902. The van der Waals surface area contributed by atoms with E-state index in [1.807, 2.05) is 13.0 Å². The van der Waals surface area contributed by atoms with E-state index in [1.54, 1.807) is 48.1 Å². The van der Waals surface area contributed by atoms with Crippen LogP contribution in [0.25, 0.3) is 10.9 Å². The van der Waals surface area contributed by atoms with Gasteiger partial charge in [-0.05, 0) is 37.3 Å². The molecule has 1 N–H and O–H groups in total. The van der Waals surface area contributed by atoms with Crippen LogP contribution in [0.5, 0.6) is 5.75 Å². The van der Waals surface area contributed by atoms with Gasteiger partial charge in [0.1, 0.15) is 5.75 Å². The largest absolute Gasteiger partial charge is 0.495 e. The van der Waals surface area contributed by atoms with Gasteiger partial charge in [-0.25, -0.2) is 4.98 Å². The van der Waals surface area contributed by atoms with Crippen molar-refractivity contribution in [2.75, 3.05) is 31.9 Å². The third-order valence-electron chi connectivity index (χ3n) is 4.39. The molecule has 0 spiro atoms. The van der Waals surface area contributed by atoms with Gasteiger partial charge in [0.2, 0.25) is 5.91 Å². The zero-order chi connectivity index (χ0) is 21.7. The molecule has 3 rings (SSSR count). The van der Waals surface area contributed by atoms with Gasteiger partial charge in [-0.15, -0.1) is 0 Å². The first kappa shape index (κ1) is 22.1. The molecule has 0 radical (unpaired) electrons. The highest BCUT2D eigenvalue weighted by molar-refractivity contribution is 7.99. The number of nitrogens with one attached hydrogen (secondary N) is 1. The highest BCUT2D eigenvalue weighted by Crippen LogP contribution is 2.28. The van der Waals surface area contributed by atoms with E-state index < -0.39 is 0 Å². The first-order valence-electron chi connectivity index (χ1n) is 9.21. The second-order valence-electron chi connectivity index (χ2n) is 6.57. The molecule has 1 unspecified atom stereocenters. The molecule has 1 atom stereocenters. The van der Waals surface area contributed by atoms with Gasteiger partial charge < -0.3 is 14.8 Å². The first-order chi connectivity index (χ1) is 14.4. The number of ether oxygens (including phenoxy) is 2. The van der Waals surface area contributed by atoms with Gasteiger partial charge in [0, 0.05) is 12.1 Å². The highest BCUT2D eigenvalue weighted by Gasteiger charge is 2.18. The number of anilines is 1. The van der Waals surface area contributed by atoms with Crippen LogP contribution in [0.3, 0.4) is 0 Å². The standard InChI is InChI=1S/C21H22ClN3O4S/c1-13(11-28-2)25-20(27)15-6-4-5-7-16(15)24-21(25)30-12-19(26)23-17-10-14(22)8-9-18(17)29-3/h4-10,13H,11-12H2,1-3H3,(H,23,26). The smallest absolute Gasteiger partial charge is 0.262 e. The van der Waals surface area contributed by atoms with Crippen LogP contribution in [0.2, 0.25) is 5.02 Å². The fraction of sp³-hybridized carbons (Fsp3) is 0.286. The topological polar surface area (TPSA) is 82.4 Å². The predicted molar refractivity (Wildman–Crippen MR) is 120 cm³/mol. The molecule has 7 nitrogen and oxygen atoms in total. The predicted octanol–water partition coefficient (Wildman–Crippen LogP) is 4.00. The molecule has 0 fully saturated rings. The van der Waals surface area contributed by atoms with Gasteiger partial charge >= 0.3 is 0 Å². The monoisotopic (exact) mass is 447 g/mol. The Hall–Kier alpha value is -2.55. The summed E-state index contributed by atoms with van der Waals surface area (Å²) in [7, 11) is 3.09. The minimum Gasteiger partial charge on any atom is -0.495 e. The molecule has 3 aromatic rings. The van der Waals surface area contributed by atoms with Crippen molar-refractivity contribution in [3.8, 4) is 5.75 Å². The van der Waals surface area contributed by atoms with Crippen LogP contribution in [-0.4, -0.2) is 42.0 Å². The van der Waals surface area contributed by atoms with Gasteiger partial charge in [0.05, 0.1) is 42.1 Å². The quantitative estimate of drug-likeness (QED) is 0.415. The zero-order valence-electron chi connectivity index (χ0n) is 16.8. The molecule has 158 valence electrons. The Morgan fingerprint density at radius 2 is 2.03 bits per heavy atom. The van der Waals surface area contributed by atoms with Crippen molar-refractivity contribution in [1.29, 1.82) is 0 Å². The van der Waals surface area contributed by atoms with Crippen molar-refractivity contribution in [3.63, 3.8) is 0 Å². The van der Waals surface area contributed by atoms with Crippen LogP contribution in [0, 0.1) is 0 Å². The maximum absolute atomic E-state index is 13.0. The van der Waals surface area contributed by atoms with Gasteiger partial charge in [-0.3, -0.25) is 14.2 Å². The number of rotatable bonds is 8. The molecule has 1 amide bonds. The number of fused-ring (bicyclic) bond motifs is 1. The first-order valence-corrected chi connectivity index (χ1v) is 10.6. The van der Waals surface area contributed by atoms with Gasteiger partial charge in [-0.2, -0.15) is 0 Å². The summed E-state index contributed by atoms with van der Waals surface area (Å²) < 4.78 is 12.0. The van der Waals surface area contributed by atoms with Crippen molar-refractivity contribution >= 4 is 45.9 Å². The van der Waals surface area contributed by atoms with Crippen LogP contribution in [0.15, 0.2) is 52.4 Å². The van der Waals surface area contributed by atoms with E-state index in [0.717, 1.165) is 0 Å². The minimum atomic E-state index is -0.270. The van der Waals surface area contributed by atoms with E-state index in [9.17, 15) is 9.59 Å². The lowest BCUT2D eigenvalue weighted by molar-refractivity contribution is -0.113. The van der Waals surface area contributed by atoms with Crippen molar-refractivity contribution in [1.82, 2.24) is 9.55 Å². The molecule has 30 heavy (non-hydrogen) atoms. The molecule has 1 heterocycles. The van der Waals surface area contributed by atoms with Crippen molar-refractivity contribution in [2.24, 2.45) is 0 Å². The van der Waals surface area contributed by atoms with Crippen LogP contribution >= 0.6 is 23.4 Å². The summed E-state index contributed by atoms with van der Waals surface area (Å²) in [4.78, 5) is 30.2. The molecule has 0 aliphatic rings.